The number of rotatable bonds is 3. The molecule has 106 valence electrons. The second-order valence-corrected chi connectivity index (χ2v) is 5.91. The van der Waals surface area contributed by atoms with Crippen LogP contribution in [0.25, 0.3) is 0 Å². The van der Waals surface area contributed by atoms with Gasteiger partial charge in [-0.25, -0.2) is 9.67 Å². The van der Waals surface area contributed by atoms with E-state index in [9.17, 15) is 0 Å². The number of aryl methyl sites for hydroxylation is 2. The monoisotopic (exact) mass is 264 g/mol. The number of hydrogen-bond acceptors (Lipinski definition) is 4. The van der Waals surface area contributed by atoms with Gasteiger partial charge in [-0.15, -0.1) is 0 Å². The molecule has 0 bridgehead atoms. The predicted molar refractivity (Wildman–Crippen MR) is 73.0 cm³/mol. The van der Waals surface area contributed by atoms with Crippen LogP contribution in [0.15, 0.2) is 0 Å². The number of aromatic nitrogens is 3. The molecule has 1 aromatic rings. The molecule has 1 aromatic heterocycles. The van der Waals surface area contributed by atoms with Gasteiger partial charge < -0.3 is 4.74 Å². The molecule has 0 aliphatic carbocycles. The molecule has 0 unspecified atom stereocenters. The molecule has 2 aliphatic rings. The van der Waals surface area contributed by atoms with E-state index >= 15 is 0 Å². The smallest absolute Gasteiger partial charge is 0.147 e. The van der Waals surface area contributed by atoms with E-state index < -0.39 is 0 Å². The van der Waals surface area contributed by atoms with Crippen molar-refractivity contribution in [2.75, 3.05) is 26.3 Å². The van der Waals surface area contributed by atoms with Crippen molar-refractivity contribution in [3.8, 4) is 0 Å². The summed E-state index contributed by atoms with van der Waals surface area (Å²) in [5.41, 5.74) is 0. The van der Waals surface area contributed by atoms with Crippen LogP contribution in [0.4, 0.5) is 0 Å². The van der Waals surface area contributed by atoms with Crippen LogP contribution >= 0.6 is 0 Å². The Morgan fingerprint density at radius 3 is 2.89 bits per heavy atom. The van der Waals surface area contributed by atoms with Crippen LogP contribution < -0.4 is 0 Å². The molecule has 19 heavy (non-hydrogen) atoms. The van der Waals surface area contributed by atoms with Gasteiger partial charge >= 0.3 is 0 Å². The first kappa shape index (κ1) is 13.1. The Kier molecular flexibility index (Phi) is 3.84. The molecule has 3 heterocycles. The lowest BCUT2D eigenvalue weighted by Crippen LogP contribution is -2.44. The Morgan fingerprint density at radius 2 is 2.21 bits per heavy atom. The summed E-state index contributed by atoms with van der Waals surface area (Å²) in [6.07, 6.45) is 3.81. The first-order chi connectivity index (χ1) is 9.22. The van der Waals surface area contributed by atoms with E-state index in [2.05, 4.69) is 19.7 Å². The largest absolute Gasteiger partial charge is 0.380 e. The van der Waals surface area contributed by atoms with Gasteiger partial charge in [0.25, 0.3) is 0 Å². The Labute approximate surface area is 114 Å². The molecule has 2 atom stereocenters. The van der Waals surface area contributed by atoms with Crippen molar-refractivity contribution in [3.63, 3.8) is 0 Å². The van der Waals surface area contributed by atoms with Crippen molar-refractivity contribution in [2.24, 2.45) is 5.92 Å². The molecular formula is C14H24N4O. The summed E-state index contributed by atoms with van der Waals surface area (Å²) in [5, 5.41) is 4.49. The van der Waals surface area contributed by atoms with Gasteiger partial charge in [-0.05, 0) is 45.6 Å². The van der Waals surface area contributed by atoms with E-state index in [-0.39, 0.29) is 0 Å². The highest BCUT2D eigenvalue weighted by molar-refractivity contribution is 4.89. The maximum atomic E-state index is 5.52. The van der Waals surface area contributed by atoms with E-state index in [0.29, 0.717) is 12.0 Å². The van der Waals surface area contributed by atoms with E-state index in [4.69, 9.17) is 4.74 Å². The molecule has 2 saturated heterocycles. The predicted octanol–water partition coefficient (Wildman–Crippen LogP) is 1.40. The van der Waals surface area contributed by atoms with Gasteiger partial charge in [-0.3, -0.25) is 4.90 Å². The maximum Gasteiger partial charge on any atom is 0.147 e. The summed E-state index contributed by atoms with van der Waals surface area (Å²) in [6.45, 7) is 9.31. The van der Waals surface area contributed by atoms with Crippen LogP contribution in [-0.2, 0) is 11.3 Å². The molecule has 5 heteroatoms. The van der Waals surface area contributed by atoms with E-state index in [1.165, 1.54) is 32.4 Å². The molecule has 0 radical (unpaired) electrons. The average Bonchev–Trinajstić information content (AvgIpc) is 3.01. The number of nitrogens with zero attached hydrogens (tertiary/aromatic N) is 4. The standard InChI is InChI=1S/C14H24N4O/c1-11-15-12(2)18(16-11)9-13-4-3-6-17(8-13)14-5-7-19-10-14/h13-14H,3-10H2,1-2H3/t13-,14+/m0/s1. The quantitative estimate of drug-likeness (QED) is 0.827. The summed E-state index contributed by atoms with van der Waals surface area (Å²) in [5.74, 6) is 2.63. The van der Waals surface area contributed by atoms with Crippen LogP contribution in [0, 0.1) is 19.8 Å². The maximum absolute atomic E-state index is 5.52. The van der Waals surface area contributed by atoms with Crippen LogP contribution in [0.2, 0.25) is 0 Å². The van der Waals surface area contributed by atoms with Crippen molar-refractivity contribution in [3.05, 3.63) is 11.6 Å². The lowest BCUT2D eigenvalue weighted by Gasteiger charge is -2.36. The zero-order valence-electron chi connectivity index (χ0n) is 12.0. The molecule has 2 fully saturated rings. The molecular weight excluding hydrogens is 240 g/mol. The van der Waals surface area contributed by atoms with E-state index in [1.807, 2.05) is 13.8 Å². The summed E-state index contributed by atoms with van der Waals surface area (Å²) < 4.78 is 7.60. The topological polar surface area (TPSA) is 43.2 Å². The third-order valence-corrected chi connectivity index (χ3v) is 4.37. The zero-order chi connectivity index (χ0) is 13.2. The first-order valence-corrected chi connectivity index (χ1v) is 7.42. The summed E-state index contributed by atoms with van der Waals surface area (Å²) in [6, 6.07) is 0.654. The third-order valence-electron chi connectivity index (χ3n) is 4.37. The lowest BCUT2D eigenvalue weighted by atomic mass is 9.96. The van der Waals surface area contributed by atoms with Gasteiger partial charge in [0.1, 0.15) is 11.6 Å². The van der Waals surface area contributed by atoms with Crippen molar-refractivity contribution in [1.82, 2.24) is 19.7 Å². The molecule has 3 rings (SSSR count). The second-order valence-electron chi connectivity index (χ2n) is 5.91. The highest BCUT2D eigenvalue weighted by atomic mass is 16.5. The molecule has 0 N–H and O–H groups in total. The van der Waals surface area contributed by atoms with Gasteiger partial charge in [-0.2, -0.15) is 5.10 Å². The highest BCUT2D eigenvalue weighted by Crippen LogP contribution is 2.23. The fourth-order valence-corrected chi connectivity index (χ4v) is 3.37. The zero-order valence-corrected chi connectivity index (χ0v) is 12.0. The number of likely N-dealkylation sites (tertiary alicyclic amines) is 1. The number of piperidine rings is 1. The van der Waals surface area contributed by atoms with Gasteiger partial charge in [0.15, 0.2) is 0 Å². The molecule has 2 aliphatic heterocycles. The fourth-order valence-electron chi connectivity index (χ4n) is 3.37. The molecule has 0 spiro atoms. The molecule has 0 saturated carbocycles. The normalized spacial score (nSPS) is 28.9. The minimum Gasteiger partial charge on any atom is -0.380 e. The van der Waals surface area contributed by atoms with Crippen LogP contribution in [0.1, 0.15) is 30.9 Å². The fraction of sp³-hybridized carbons (Fsp3) is 0.857. The number of hydrogen-bond donors (Lipinski definition) is 0. The average molecular weight is 264 g/mol. The van der Waals surface area contributed by atoms with Gasteiger partial charge in [0.2, 0.25) is 0 Å². The number of ether oxygens (including phenoxy) is 1. The van der Waals surface area contributed by atoms with E-state index in [0.717, 1.165) is 31.4 Å². The molecule has 0 aromatic carbocycles. The van der Waals surface area contributed by atoms with Crippen LogP contribution in [-0.4, -0.2) is 52.0 Å². The summed E-state index contributed by atoms with van der Waals surface area (Å²) in [4.78, 5) is 7.02. The van der Waals surface area contributed by atoms with Gasteiger partial charge in [0.05, 0.1) is 6.61 Å². The molecule has 0 amide bonds. The van der Waals surface area contributed by atoms with Crippen LogP contribution in [0.5, 0.6) is 0 Å². The second kappa shape index (κ2) is 5.59. The van der Waals surface area contributed by atoms with Crippen molar-refractivity contribution < 1.29 is 4.74 Å². The summed E-state index contributed by atoms with van der Waals surface area (Å²) in [7, 11) is 0. The first-order valence-electron chi connectivity index (χ1n) is 7.42. The minimum absolute atomic E-state index is 0.654. The minimum atomic E-state index is 0.654. The van der Waals surface area contributed by atoms with E-state index in [1.54, 1.807) is 0 Å². The van der Waals surface area contributed by atoms with Crippen molar-refractivity contribution >= 4 is 0 Å². The van der Waals surface area contributed by atoms with Crippen LogP contribution in [0.3, 0.4) is 0 Å². The van der Waals surface area contributed by atoms with Gasteiger partial charge in [0, 0.05) is 25.7 Å². The Bertz CT molecular complexity index is 425. The van der Waals surface area contributed by atoms with Crippen molar-refractivity contribution in [2.45, 2.75) is 45.7 Å². The highest BCUT2D eigenvalue weighted by Gasteiger charge is 2.28. The Balaban J connectivity index is 1.60. The Morgan fingerprint density at radius 1 is 1.32 bits per heavy atom. The SMILES string of the molecule is Cc1nc(C)n(C[C@H]2CCCN([C@@H]3CCOC3)C2)n1. The third kappa shape index (κ3) is 2.98. The van der Waals surface area contributed by atoms with Crippen molar-refractivity contribution in [1.29, 1.82) is 0 Å². The lowest BCUT2D eigenvalue weighted by molar-refractivity contribution is 0.0961. The molecule has 5 nitrogen and oxygen atoms in total. The summed E-state index contributed by atoms with van der Waals surface area (Å²) >= 11 is 0. The van der Waals surface area contributed by atoms with Gasteiger partial charge in [-0.1, -0.05) is 0 Å². The Hall–Kier alpha value is -0.940.